The summed E-state index contributed by atoms with van der Waals surface area (Å²) in [4.78, 5) is 53.2. The van der Waals surface area contributed by atoms with Crippen molar-refractivity contribution in [3.8, 4) is 0 Å². The van der Waals surface area contributed by atoms with Crippen LogP contribution in [0, 0.1) is 23.7 Å². The third-order valence-corrected chi connectivity index (χ3v) is 7.28. The van der Waals surface area contributed by atoms with Crippen LogP contribution in [0.25, 0.3) is 0 Å². The number of hydrogen-bond acceptors (Lipinski definition) is 4. The Morgan fingerprint density at radius 3 is 1.47 bits per heavy atom. The minimum absolute atomic E-state index is 0.00652. The summed E-state index contributed by atoms with van der Waals surface area (Å²) in [5, 5.41) is 0. The van der Waals surface area contributed by atoms with E-state index in [9.17, 15) is 19.2 Å². The number of carbonyl (C=O) groups is 4. The van der Waals surface area contributed by atoms with Crippen LogP contribution in [-0.2, 0) is 19.2 Å². The highest BCUT2D eigenvalue weighted by Gasteiger charge is 2.48. The quantitative estimate of drug-likeness (QED) is 0.366. The van der Waals surface area contributed by atoms with Crippen molar-refractivity contribution in [2.75, 3.05) is 13.1 Å². The normalized spacial score (nSPS) is 31.1. The summed E-state index contributed by atoms with van der Waals surface area (Å²) in [6.45, 7) is 5.01. The SMILES string of the molecule is CC1=CC2C(=O)N(CCCCCCN3C(=O)C4C=C(C)CCC4C3=O)C(=O)C2CC1. The fourth-order valence-corrected chi connectivity index (χ4v) is 5.49. The Kier molecular flexibility index (Phi) is 5.94. The van der Waals surface area contributed by atoms with Crippen LogP contribution < -0.4 is 0 Å². The van der Waals surface area contributed by atoms with E-state index in [0.29, 0.717) is 13.1 Å². The fraction of sp³-hybridized carbons (Fsp3) is 0.667. The van der Waals surface area contributed by atoms with Crippen LogP contribution in [0.2, 0.25) is 0 Å². The summed E-state index contributed by atoms with van der Waals surface area (Å²) in [5.74, 6) is -0.906. The number of amides is 4. The summed E-state index contributed by atoms with van der Waals surface area (Å²) in [5.41, 5.74) is 2.41. The number of hydrogen-bond donors (Lipinski definition) is 0. The average Bonchev–Trinajstić information content (AvgIpc) is 3.09. The molecule has 2 aliphatic heterocycles. The Hall–Kier alpha value is -2.24. The smallest absolute Gasteiger partial charge is 0.236 e. The van der Waals surface area contributed by atoms with E-state index in [2.05, 4.69) is 0 Å². The molecule has 0 radical (unpaired) electrons. The summed E-state index contributed by atoms with van der Waals surface area (Å²) < 4.78 is 0. The van der Waals surface area contributed by atoms with Gasteiger partial charge in [0, 0.05) is 13.1 Å². The predicted molar refractivity (Wildman–Crippen MR) is 112 cm³/mol. The second kappa shape index (κ2) is 8.48. The van der Waals surface area contributed by atoms with Gasteiger partial charge in [-0.1, -0.05) is 36.1 Å². The number of rotatable bonds is 7. The third-order valence-electron chi connectivity index (χ3n) is 7.28. The zero-order chi connectivity index (χ0) is 21.4. The minimum atomic E-state index is -0.250. The zero-order valence-electron chi connectivity index (χ0n) is 18.1. The summed E-state index contributed by atoms with van der Waals surface area (Å²) >= 11 is 0. The lowest BCUT2D eigenvalue weighted by Crippen LogP contribution is -2.32. The molecule has 162 valence electrons. The van der Waals surface area contributed by atoms with Gasteiger partial charge < -0.3 is 0 Å². The van der Waals surface area contributed by atoms with Gasteiger partial charge in [-0.2, -0.15) is 0 Å². The van der Waals surface area contributed by atoms with E-state index >= 15 is 0 Å². The minimum Gasteiger partial charge on any atom is -0.282 e. The van der Waals surface area contributed by atoms with Gasteiger partial charge >= 0.3 is 0 Å². The van der Waals surface area contributed by atoms with Gasteiger partial charge in [-0.05, 0) is 52.4 Å². The molecule has 4 unspecified atom stereocenters. The molecule has 30 heavy (non-hydrogen) atoms. The van der Waals surface area contributed by atoms with Crippen molar-refractivity contribution in [1.29, 1.82) is 0 Å². The lowest BCUT2D eigenvalue weighted by Gasteiger charge is -2.18. The first kappa shape index (κ1) is 21.0. The van der Waals surface area contributed by atoms with Crippen molar-refractivity contribution < 1.29 is 19.2 Å². The average molecular weight is 413 g/mol. The molecule has 4 atom stereocenters. The summed E-state index contributed by atoms with van der Waals surface area (Å²) in [6.07, 6.45) is 10.6. The van der Waals surface area contributed by atoms with E-state index in [-0.39, 0.29) is 47.3 Å². The highest BCUT2D eigenvalue weighted by molar-refractivity contribution is 6.06. The molecule has 0 bridgehead atoms. The van der Waals surface area contributed by atoms with E-state index in [1.54, 1.807) is 0 Å². The van der Waals surface area contributed by atoms with Crippen molar-refractivity contribution in [1.82, 2.24) is 9.80 Å². The molecule has 2 saturated heterocycles. The summed E-state index contributed by atoms with van der Waals surface area (Å²) in [6, 6.07) is 0. The first-order chi connectivity index (χ1) is 14.4. The molecule has 6 heteroatoms. The molecule has 2 heterocycles. The molecule has 4 aliphatic rings. The summed E-state index contributed by atoms with van der Waals surface area (Å²) in [7, 11) is 0. The van der Waals surface area contributed by atoms with Crippen LogP contribution >= 0.6 is 0 Å². The molecule has 4 rings (SSSR count). The van der Waals surface area contributed by atoms with Gasteiger partial charge in [0.2, 0.25) is 23.6 Å². The number of carbonyl (C=O) groups excluding carboxylic acids is 4. The van der Waals surface area contributed by atoms with Gasteiger partial charge in [0.25, 0.3) is 0 Å². The Balaban J connectivity index is 1.20. The number of allylic oxidation sites excluding steroid dienone is 2. The zero-order valence-corrected chi connectivity index (χ0v) is 18.1. The van der Waals surface area contributed by atoms with Gasteiger partial charge in [0.1, 0.15) is 0 Å². The van der Waals surface area contributed by atoms with Crippen LogP contribution in [0.15, 0.2) is 23.3 Å². The van der Waals surface area contributed by atoms with E-state index in [4.69, 9.17) is 0 Å². The maximum Gasteiger partial charge on any atom is 0.236 e. The van der Waals surface area contributed by atoms with Crippen molar-refractivity contribution in [3.05, 3.63) is 23.3 Å². The number of nitrogens with zero attached hydrogens (tertiary/aromatic N) is 2. The fourth-order valence-electron chi connectivity index (χ4n) is 5.49. The maximum atomic E-state index is 12.6. The molecule has 4 amide bonds. The number of imide groups is 2. The molecular weight excluding hydrogens is 380 g/mol. The molecule has 2 fully saturated rings. The van der Waals surface area contributed by atoms with Gasteiger partial charge in [-0.15, -0.1) is 0 Å². The van der Waals surface area contributed by atoms with Crippen LogP contribution in [0.1, 0.15) is 65.2 Å². The van der Waals surface area contributed by atoms with Crippen molar-refractivity contribution in [3.63, 3.8) is 0 Å². The topological polar surface area (TPSA) is 74.8 Å². The van der Waals surface area contributed by atoms with Gasteiger partial charge in [0.05, 0.1) is 23.7 Å². The number of unbranched alkanes of at least 4 members (excludes halogenated alkanes) is 3. The van der Waals surface area contributed by atoms with Crippen molar-refractivity contribution in [2.45, 2.75) is 65.2 Å². The lowest BCUT2D eigenvalue weighted by atomic mass is 9.83. The molecule has 2 aliphatic carbocycles. The molecule has 6 nitrogen and oxygen atoms in total. The van der Waals surface area contributed by atoms with Crippen LogP contribution in [0.5, 0.6) is 0 Å². The molecule has 0 aromatic rings. The van der Waals surface area contributed by atoms with E-state index in [1.165, 1.54) is 20.9 Å². The molecule has 0 N–H and O–H groups in total. The number of likely N-dealkylation sites (tertiary alicyclic amines) is 2. The van der Waals surface area contributed by atoms with Crippen molar-refractivity contribution in [2.24, 2.45) is 23.7 Å². The van der Waals surface area contributed by atoms with Crippen LogP contribution in [0.4, 0.5) is 0 Å². The first-order valence-corrected chi connectivity index (χ1v) is 11.4. The second-order valence-corrected chi connectivity index (χ2v) is 9.44. The van der Waals surface area contributed by atoms with E-state index in [1.807, 2.05) is 26.0 Å². The van der Waals surface area contributed by atoms with Gasteiger partial charge in [-0.25, -0.2) is 0 Å². The Labute approximate surface area is 178 Å². The monoisotopic (exact) mass is 412 g/mol. The lowest BCUT2D eigenvalue weighted by molar-refractivity contribution is -0.141. The van der Waals surface area contributed by atoms with E-state index < -0.39 is 0 Å². The largest absolute Gasteiger partial charge is 0.282 e. The number of fused-ring (bicyclic) bond motifs is 2. The standard InChI is InChI=1S/C24H32N2O4/c1-15-7-9-17-19(13-15)23(29)25(21(17)27)11-5-3-4-6-12-26-22(28)18-10-8-16(2)14-20(18)24(26)30/h13-14,17-20H,3-12H2,1-2H3. The Bertz CT molecular complexity index is 759. The third kappa shape index (κ3) is 3.77. The molecule has 0 spiro atoms. The molecular formula is C24H32N2O4. The molecule has 0 saturated carbocycles. The van der Waals surface area contributed by atoms with Gasteiger partial charge in [-0.3, -0.25) is 29.0 Å². The van der Waals surface area contributed by atoms with E-state index in [0.717, 1.165) is 51.4 Å². The predicted octanol–water partition coefficient (Wildman–Crippen LogP) is 3.23. The van der Waals surface area contributed by atoms with Crippen molar-refractivity contribution >= 4 is 23.6 Å². The van der Waals surface area contributed by atoms with Gasteiger partial charge in [0.15, 0.2) is 0 Å². The maximum absolute atomic E-state index is 12.6. The highest BCUT2D eigenvalue weighted by atomic mass is 16.2. The van der Waals surface area contributed by atoms with Crippen LogP contribution in [0.3, 0.4) is 0 Å². The second-order valence-electron chi connectivity index (χ2n) is 9.44. The molecule has 0 aromatic carbocycles. The Morgan fingerprint density at radius 2 is 1.07 bits per heavy atom. The van der Waals surface area contributed by atoms with Crippen LogP contribution in [-0.4, -0.2) is 46.5 Å². The highest BCUT2D eigenvalue weighted by Crippen LogP contribution is 2.38. The Morgan fingerprint density at radius 1 is 0.667 bits per heavy atom. The molecule has 0 aromatic heterocycles. The first-order valence-electron chi connectivity index (χ1n) is 11.4.